The third kappa shape index (κ3) is 4.52. The summed E-state index contributed by atoms with van der Waals surface area (Å²) in [7, 11) is 0. The number of nitrogens with one attached hydrogen (secondary N) is 1. The lowest BCUT2D eigenvalue weighted by atomic mass is 10.1. The Morgan fingerprint density at radius 1 is 1.09 bits per heavy atom. The minimum Gasteiger partial charge on any atom is -0.379 e. The quantitative estimate of drug-likeness (QED) is 0.346. The van der Waals surface area contributed by atoms with Crippen molar-refractivity contribution in [1.82, 2.24) is 14.9 Å². The van der Waals surface area contributed by atoms with Gasteiger partial charge in [0.15, 0.2) is 3.83 Å². The molecule has 0 radical (unpaired) electrons. The first-order chi connectivity index (χ1) is 10.8. The van der Waals surface area contributed by atoms with Gasteiger partial charge >= 0.3 is 0 Å². The predicted molar refractivity (Wildman–Crippen MR) is 96.4 cm³/mol. The van der Waals surface area contributed by atoms with Gasteiger partial charge in [0.25, 0.3) is 0 Å². The fourth-order valence-corrected chi connectivity index (χ4v) is 3.75. The van der Waals surface area contributed by atoms with E-state index in [1.54, 1.807) is 0 Å². The highest BCUT2D eigenvalue weighted by Crippen LogP contribution is 2.25. The molecule has 1 aliphatic heterocycles. The fraction of sp³-hybridized carbons (Fsp3) is 0.750. The number of halogens is 1. The molecule has 5 nitrogen and oxygen atoms in total. The topological polar surface area (TPSA) is 50.3 Å². The second-order valence-corrected chi connectivity index (χ2v) is 7.03. The molecule has 0 bridgehead atoms. The lowest BCUT2D eigenvalue weighted by Crippen LogP contribution is -2.37. The van der Waals surface area contributed by atoms with Gasteiger partial charge in [0, 0.05) is 47.8 Å². The summed E-state index contributed by atoms with van der Waals surface area (Å²) < 4.78 is 6.26. The van der Waals surface area contributed by atoms with E-state index in [4.69, 9.17) is 4.74 Å². The second-order valence-electron chi connectivity index (χ2n) is 6.06. The van der Waals surface area contributed by atoms with E-state index in [2.05, 4.69) is 42.8 Å². The first kappa shape index (κ1) is 16.4. The Labute approximate surface area is 146 Å². The van der Waals surface area contributed by atoms with Gasteiger partial charge in [0.2, 0.25) is 0 Å². The van der Waals surface area contributed by atoms with E-state index >= 15 is 0 Å². The molecule has 3 rings (SSSR count). The van der Waals surface area contributed by atoms with Crippen LogP contribution >= 0.6 is 22.6 Å². The van der Waals surface area contributed by atoms with E-state index in [9.17, 15) is 0 Å². The summed E-state index contributed by atoms with van der Waals surface area (Å²) in [6, 6.07) is 0. The van der Waals surface area contributed by atoms with Crippen LogP contribution in [0.5, 0.6) is 0 Å². The van der Waals surface area contributed by atoms with Crippen molar-refractivity contribution in [2.75, 3.05) is 44.7 Å². The molecular formula is C16H25IN4O. The van der Waals surface area contributed by atoms with Gasteiger partial charge in [-0.1, -0.05) is 6.42 Å². The molecule has 1 fully saturated rings. The predicted octanol–water partition coefficient (Wildman–Crippen LogP) is 2.48. The van der Waals surface area contributed by atoms with Crippen molar-refractivity contribution in [1.29, 1.82) is 0 Å². The van der Waals surface area contributed by atoms with Gasteiger partial charge in [-0.15, -0.1) is 0 Å². The van der Waals surface area contributed by atoms with Gasteiger partial charge in [-0.25, -0.2) is 9.97 Å². The average Bonchev–Trinajstić information content (AvgIpc) is 2.77. The van der Waals surface area contributed by atoms with Gasteiger partial charge in [-0.2, -0.15) is 0 Å². The molecule has 1 aromatic heterocycles. The number of ether oxygens (including phenoxy) is 1. The molecule has 6 heteroatoms. The Kier molecular flexibility index (Phi) is 6.26. The Hall–Kier alpha value is -0.470. The van der Waals surface area contributed by atoms with Crippen molar-refractivity contribution < 1.29 is 4.74 Å². The van der Waals surface area contributed by atoms with Gasteiger partial charge in [-0.3, -0.25) is 4.90 Å². The molecule has 2 aliphatic rings. The molecule has 0 atom stereocenters. The van der Waals surface area contributed by atoms with Crippen molar-refractivity contribution in [2.45, 2.75) is 38.5 Å². The van der Waals surface area contributed by atoms with Crippen LogP contribution in [0.2, 0.25) is 0 Å². The number of fused-ring (bicyclic) bond motifs is 1. The highest BCUT2D eigenvalue weighted by Gasteiger charge is 2.16. The van der Waals surface area contributed by atoms with Crippen molar-refractivity contribution >= 4 is 28.4 Å². The van der Waals surface area contributed by atoms with E-state index in [0.717, 1.165) is 68.3 Å². The van der Waals surface area contributed by atoms with Crippen LogP contribution in [0.1, 0.15) is 36.9 Å². The molecule has 2 heterocycles. The molecule has 0 aromatic carbocycles. The zero-order chi connectivity index (χ0) is 15.2. The van der Waals surface area contributed by atoms with E-state index < -0.39 is 0 Å². The third-order valence-corrected chi connectivity index (χ3v) is 4.94. The standard InChI is InChI=1S/C16H25IN4O/c17-16-19-14-6-3-1-2-5-13(14)15(20-16)18-7-4-8-21-9-11-22-12-10-21/h1-12H2,(H,18,19,20). The van der Waals surface area contributed by atoms with Crippen molar-refractivity contribution in [3.05, 3.63) is 15.1 Å². The minimum absolute atomic E-state index is 0.869. The zero-order valence-electron chi connectivity index (χ0n) is 13.1. The van der Waals surface area contributed by atoms with E-state index in [1.165, 1.54) is 30.5 Å². The summed E-state index contributed by atoms with van der Waals surface area (Å²) in [6.45, 7) is 6.02. The number of aromatic nitrogens is 2. The fourth-order valence-electron chi connectivity index (χ4n) is 3.22. The van der Waals surface area contributed by atoms with Crippen LogP contribution in [-0.4, -0.2) is 54.3 Å². The normalized spacial score (nSPS) is 19.5. The van der Waals surface area contributed by atoms with E-state index in [-0.39, 0.29) is 0 Å². The van der Waals surface area contributed by atoms with Crippen LogP contribution < -0.4 is 5.32 Å². The van der Waals surface area contributed by atoms with Crippen LogP contribution in [0.4, 0.5) is 5.82 Å². The third-order valence-electron chi connectivity index (χ3n) is 4.45. The van der Waals surface area contributed by atoms with Crippen LogP contribution in [0.3, 0.4) is 0 Å². The molecule has 0 spiro atoms. The number of anilines is 1. The first-order valence-corrected chi connectivity index (χ1v) is 9.50. The SMILES string of the molecule is Ic1nc2c(c(NCCCN3CCOCC3)n1)CCCCC2. The maximum atomic E-state index is 5.39. The molecule has 1 aliphatic carbocycles. The largest absolute Gasteiger partial charge is 0.379 e. The molecule has 1 saturated heterocycles. The van der Waals surface area contributed by atoms with Crippen LogP contribution in [0.25, 0.3) is 0 Å². The molecule has 0 saturated carbocycles. The average molecular weight is 416 g/mol. The smallest absolute Gasteiger partial charge is 0.192 e. The summed E-state index contributed by atoms with van der Waals surface area (Å²) in [4.78, 5) is 11.8. The minimum atomic E-state index is 0.869. The van der Waals surface area contributed by atoms with Gasteiger partial charge < -0.3 is 10.1 Å². The summed E-state index contributed by atoms with van der Waals surface area (Å²) in [5.41, 5.74) is 2.64. The number of aryl methyl sites for hydroxylation is 1. The Morgan fingerprint density at radius 3 is 2.77 bits per heavy atom. The molecule has 0 amide bonds. The number of morpholine rings is 1. The van der Waals surface area contributed by atoms with Crippen LogP contribution in [0.15, 0.2) is 0 Å². The van der Waals surface area contributed by atoms with Crippen molar-refractivity contribution in [2.24, 2.45) is 0 Å². The monoisotopic (exact) mass is 416 g/mol. The molecule has 122 valence electrons. The van der Waals surface area contributed by atoms with Gasteiger partial charge in [-0.05, 0) is 38.6 Å². The van der Waals surface area contributed by atoms with Crippen molar-refractivity contribution in [3.63, 3.8) is 0 Å². The maximum absolute atomic E-state index is 5.39. The number of hydrogen-bond donors (Lipinski definition) is 1. The lowest BCUT2D eigenvalue weighted by Gasteiger charge is -2.26. The molecule has 1 aromatic rings. The highest BCUT2D eigenvalue weighted by molar-refractivity contribution is 14.1. The van der Waals surface area contributed by atoms with Crippen LogP contribution in [-0.2, 0) is 17.6 Å². The molecule has 1 N–H and O–H groups in total. The molecule has 0 unspecified atom stereocenters. The Balaban J connectivity index is 1.54. The van der Waals surface area contributed by atoms with E-state index in [0.29, 0.717) is 0 Å². The Bertz CT molecular complexity index is 491. The summed E-state index contributed by atoms with van der Waals surface area (Å²) in [5.74, 6) is 1.08. The molecule has 22 heavy (non-hydrogen) atoms. The first-order valence-electron chi connectivity index (χ1n) is 8.42. The van der Waals surface area contributed by atoms with Crippen LogP contribution in [0, 0.1) is 3.83 Å². The lowest BCUT2D eigenvalue weighted by molar-refractivity contribution is 0.0378. The van der Waals surface area contributed by atoms with Crippen molar-refractivity contribution in [3.8, 4) is 0 Å². The summed E-state index contributed by atoms with van der Waals surface area (Å²) in [5, 5.41) is 3.57. The second kappa shape index (κ2) is 8.40. The number of rotatable bonds is 5. The van der Waals surface area contributed by atoms with Gasteiger partial charge in [0.1, 0.15) is 5.82 Å². The maximum Gasteiger partial charge on any atom is 0.192 e. The number of nitrogens with zero attached hydrogens (tertiary/aromatic N) is 3. The Morgan fingerprint density at radius 2 is 1.91 bits per heavy atom. The van der Waals surface area contributed by atoms with E-state index in [1.807, 2.05) is 0 Å². The highest BCUT2D eigenvalue weighted by atomic mass is 127. The van der Waals surface area contributed by atoms with Gasteiger partial charge in [0.05, 0.1) is 18.9 Å². The zero-order valence-corrected chi connectivity index (χ0v) is 15.3. The number of hydrogen-bond acceptors (Lipinski definition) is 5. The summed E-state index contributed by atoms with van der Waals surface area (Å²) >= 11 is 2.24. The molecular weight excluding hydrogens is 391 g/mol. The summed E-state index contributed by atoms with van der Waals surface area (Å²) in [6.07, 6.45) is 7.21.